The van der Waals surface area contributed by atoms with E-state index >= 15 is 0 Å². The molecule has 90 valence electrons. The number of aromatic amines is 1. The summed E-state index contributed by atoms with van der Waals surface area (Å²) in [5.74, 6) is 0. The largest absolute Gasteiger partial charge is 0.343 e. The van der Waals surface area contributed by atoms with E-state index < -0.39 is 0 Å². The molecule has 5 nitrogen and oxygen atoms in total. The van der Waals surface area contributed by atoms with Crippen LogP contribution < -0.4 is 11.4 Å². The Labute approximate surface area is 111 Å². The van der Waals surface area contributed by atoms with Crippen LogP contribution in [0.4, 0.5) is 0 Å². The van der Waals surface area contributed by atoms with Crippen molar-refractivity contribution in [1.29, 1.82) is 0 Å². The zero-order chi connectivity index (χ0) is 12.4. The maximum absolute atomic E-state index is 11.2. The van der Waals surface area contributed by atoms with Crippen molar-refractivity contribution in [2.24, 2.45) is 12.8 Å². The Morgan fingerprint density at radius 3 is 2.88 bits per heavy atom. The van der Waals surface area contributed by atoms with Crippen LogP contribution in [-0.2, 0) is 13.6 Å². The van der Waals surface area contributed by atoms with Gasteiger partial charge < -0.3 is 5.73 Å². The number of benzene rings is 1. The number of nitrogens with two attached hydrogens (primary N) is 1. The first-order chi connectivity index (χ1) is 8.11. The van der Waals surface area contributed by atoms with E-state index in [1.54, 1.807) is 7.05 Å². The number of nitrogens with one attached hydrogen (secondary N) is 1. The van der Waals surface area contributed by atoms with Crippen LogP contribution in [0.1, 0.15) is 5.56 Å². The molecular weight excluding hydrogens is 304 g/mol. The SMILES string of the molecule is Cn1c(Sc2ccc(CN)c(Br)c2)n[nH]c1=O. The predicted octanol–water partition coefficient (Wildman–Crippen LogP) is 1.48. The second kappa shape index (κ2) is 5.07. The lowest BCUT2D eigenvalue weighted by Crippen LogP contribution is -2.12. The number of hydrogen-bond donors (Lipinski definition) is 2. The third-order valence-corrected chi connectivity index (χ3v) is 4.07. The van der Waals surface area contributed by atoms with Gasteiger partial charge in [0.05, 0.1) is 0 Å². The highest BCUT2D eigenvalue weighted by Gasteiger charge is 2.07. The topological polar surface area (TPSA) is 76.7 Å². The van der Waals surface area contributed by atoms with E-state index in [9.17, 15) is 4.79 Å². The van der Waals surface area contributed by atoms with Crippen LogP contribution in [0.2, 0.25) is 0 Å². The molecule has 1 aromatic heterocycles. The van der Waals surface area contributed by atoms with Crippen molar-refractivity contribution in [2.45, 2.75) is 16.6 Å². The average molecular weight is 315 g/mol. The summed E-state index contributed by atoms with van der Waals surface area (Å²) in [7, 11) is 1.68. The molecule has 1 aromatic carbocycles. The minimum atomic E-state index is -0.217. The summed E-state index contributed by atoms with van der Waals surface area (Å²) in [5.41, 5.74) is 6.41. The number of hydrogen-bond acceptors (Lipinski definition) is 4. The summed E-state index contributed by atoms with van der Waals surface area (Å²) in [6.07, 6.45) is 0. The van der Waals surface area contributed by atoms with Crippen molar-refractivity contribution in [2.75, 3.05) is 0 Å². The van der Waals surface area contributed by atoms with E-state index in [-0.39, 0.29) is 5.69 Å². The minimum absolute atomic E-state index is 0.217. The fourth-order valence-electron chi connectivity index (χ4n) is 1.29. The van der Waals surface area contributed by atoms with Crippen LogP contribution in [0.5, 0.6) is 0 Å². The molecule has 0 fully saturated rings. The summed E-state index contributed by atoms with van der Waals surface area (Å²) in [6.45, 7) is 0.492. The first-order valence-electron chi connectivity index (χ1n) is 4.89. The molecule has 0 aliphatic heterocycles. The van der Waals surface area contributed by atoms with Crippen molar-refractivity contribution >= 4 is 27.7 Å². The summed E-state index contributed by atoms with van der Waals surface area (Å²) in [5, 5.41) is 6.96. The van der Waals surface area contributed by atoms with E-state index in [4.69, 9.17) is 5.73 Å². The molecule has 3 N–H and O–H groups in total. The Kier molecular flexibility index (Phi) is 3.70. The number of H-pyrrole nitrogens is 1. The third kappa shape index (κ3) is 2.62. The fourth-order valence-corrected chi connectivity index (χ4v) is 2.81. The van der Waals surface area contributed by atoms with Gasteiger partial charge in [-0.25, -0.2) is 9.89 Å². The minimum Gasteiger partial charge on any atom is -0.326 e. The van der Waals surface area contributed by atoms with Gasteiger partial charge >= 0.3 is 5.69 Å². The summed E-state index contributed by atoms with van der Waals surface area (Å²) < 4.78 is 2.43. The van der Waals surface area contributed by atoms with Gasteiger partial charge in [-0.2, -0.15) is 0 Å². The van der Waals surface area contributed by atoms with Crippen LogP contribution in [-0.4, -0.2) is 14.8 Å². The molecule has 0 unspecified atom stereocenters. The van der Waals surface area contributed by atoms with Gasteiger partial charge in [0.25, 0.3) is 0 Å². The van der Waals surface area contributed by atoms with E-state index in [1.807, 2.05) is 18.2 Å². The van der Waals surface area contributed by atoms with Gasteiger partial charge in [-0.05, 0) is 29.5 Å². The second-order valence-corrected chi connectivity index (χ2v) is 5.32. The smallest absolute Gasteiger partial charge is 0.326 e. The monoisotopic (exact) mass is 314 g/mol. The molecule has 0 aliphatic rings. The van der Waals surface area contributed by atoms with Gasteiger partial charge in [0.1, 0.15) is 0 Å². The van der Waals surface area contributed by atoms with Crippen LogP contribution in [0.3, 0.4) is 0 Å². The highest BCUT2D eigenvalue weighted by molar-refractivity contribution is 9.10. The Morgan fingerprint density at radius 2 is 2.35 bits per heavy atom. The maximum atomic E-state index is 11.2. The average Bonchev–Trinajstić information content (AvgIpc) is 2.61. The number of rotatable bonds is 3. The first kappa shape index (κ1) is 12.4. The van der Waals surface area contributed by atoms with E-state index in [0.717, 1.165) is 14.9 Å². The standard InChI is InChI=1S/C10H11BrN4OS/c1-15-9(16)13-14-10(15)17-7-3-2-6(5-12)8(11)4-7/h2-4H,5,12H2,1H3,(H,13,16). The quantitative estimate of drug-likeness (QED) is 0.899. The highest BCUT2D eigenvalue weighted by Crippen LogP contribution is 2.28. The second-order valence-electron chi connectivity index (χ2n) is 3.43. The molecule has 2 rings (SSSR count). The van der Waals surface area contributed by atoms with Gasteiger partial charge in [-0.15, -0.1) is 5.10 Å². The van der Waals surface area contributed by atoms with Crippen molar-refractivity contribution in [1.82, 2.24) is 14.8 Å². The molecule has 0 saturated carbocycles. The van der Waals surface area contributed by atoms with Crippen LogP contribution in [0, 0.1) is 0 Å². The molecule has 17 heavy (non-hydrogen) atoms. The molecule has 0 saturated heterocycles. The normalized spacial score (nSPS) is 10.8. The van der Waals surface area contributed by atoms with Crippen LogP contribution in [0.15, 0.2) is 37.5 Å². The van der Waals surface area contributed by atoms with Gasteiger partial charge in [-0.3, -0.25) is 4.57 Å². The summed E-state index contributed by atoms with van der Waals surface area (Å²) in [6, 6.07) is 5.87. The van der Waals surface area contributed by atoms with Gasteiger partial charge in [0, 0.05) is 23.0 Å². The molecule has 1 heterocycles. The van der Waals surface area contributed by atoms with Crippen molar-refractivity contribution in [3.05, 3.63) is 38.7 Å². The van der Waals surface area contributed by atoms with Gasteiger partial charge in [0.15, 0.2) is 5.16 Å². The van der Waals surface area contributed by atoms with Crippen molar-refractivity contribution < 1.29 is 0 Å². The molecule has 0 radical (unpaired) electrons. The fraction of sp³-hybridized carbons (Fsp3) is 0.200. The van der Waals surface area contributed by atoms with E-state index in [0.29, 0.717) is 11.7 Å². The van der Waals surface area contributed by atoms with Gasteiger partial charge in [0.2, 0.25) is 0 Å². The summed E-state index contributed by atoms with van der Waals surface area (Å²) >= 11 is 4.87. The zero-order valence-corrected chi connectivity index (χ0v) is 11.5. The van der Waals surface area contributed by atoms with E-state index in [1.165, 1.54) is 16.3 Å². The van der Waals surface area contributed by atoms with Crippen molar-refractivity contribution in [3.8, 4) is 0 Å². The highest BCUT2D eigenvalue weighted by atomic mass is 79.9. The van der Waals surface area contributed by atoms with Crippen molar-refractivity contribution in [3.63, 3.8) is 0 Å². The van der Waals surface area contributed by atoms with E-state index in [2.05, 4.69) is 26.1 Å². The zero-order valence-electron chi connectivity index (χ0n) is 9.11. The lowest BCUT2D eigenvalue weighted by molar-refractivity contribution is 0.766. The van der Waals surface area contributed by atoms with Crippen LogP contribution >= 0.6 is 27.7 Å². The lowest BCUT2D eigenvalue weighted by Gasteiger charge is -2.04. The summed E-state index contributed by atoms with van der Waals surface area (Å²) in [4.78, 5) is 12.2. The molecule has 0 bridgehead atoms. The molecular formula is C10H11BrN4OS. The maximum Gasteiger partial charge on any atom is 0.343 e. The third-order valence-electron chi connectivity index (χ3n) is 2.29. The Balaban J connectivity index is 2.28. The molecule has 2 aromatic rings. The Bertz CT molecular complexity index is 592. The molecule has 0 amide bonds. The number of aromatic nitrogens is 3. The molecule has 7 heteroatoms. The molecule has 0 spiro atoms. The number of halogens is 1. The van der Waals surface area contributed by atoms with Gasteiger partial charge in [-0.1, -0.05) is 22.0 Å². The Morgan fingerprint density at radius 1 is 1.59 bits per heavy atom. The predicted molar refractivity (Wildman–Crippen MR) is 70.0 cm³/mol. The Hall–Kier alpha value is -1.05. The lowest BCUT2D eigenvalue weighted by atomic mass is 10.2. The number of nitrogens with zero attached hydrogens (tertiary/aromatic N) is 2. The van der Waals surface area contributed by atoms with Crippen LogP contribution in [0.25, 0.3) is 0 Å². The first-order valence-corrected chi connectivity index (χ1v) is 6.50. The molecule has 0 atom stereocenters. The molecule has 0 aliphatic carbocycles.